The number of hydrogen-bond acceptors (Lipinski definition) is 3. The van der Waals surface area contributed by atoms with Crippen molar-refractivity contribution < 1.29 is 9.64 Å². The smallest absolute Gasteiger partial charge is 0.124 e. The van der Waals surface area contributed by atoms with Crippen LogP contribution < -0.4 is 4.90 Å². The minimum absolute atomic E-state index is 0.774. The number of ether oxygens (including phenoxy) is 1. The Morgan fingerprint density at radius 2 is 2.18 bits per heavy atom. The van der Waals surface area contributed by atoms with E-state index < -0.39 is 0 Å². The maximum Gasteiger partial charge on any atom is 0.124 e. The number of fused-ring (bicyclic) bond motifs is 3. The monoisotopic (exact) mass is 336 g/mol. The van der Waals surface area contributed by atoms with Gasteiger partial charge in [-0.2, -0.15) is 0 Å². The van der Waals surface area contributed by atoms with Crippen LogP contribution in [0.1, 0.15) is 5.01 Å². The molecule has 3 heterocycles. The molecule has 116 valence electrons. The van der Waals surface area contributed by atoms with Gasteiger partial charge in [0.2, 0.25) is 0 Å². The summed E-state index contributed by atoms with van der Waals surface area (Å²) in [5.74, 6) is 0. The average Bonchev–Trinajstić information content (AvgIpc) is 3.02. The van der Waals surface area contributed by atoms with Crippen LogP contribution in [0.25, 0.3) is 21.3 Å². The summed E-state index contributed by atoms with van der Waals surface area (Å²) in [5.41, 5.74) is 2.34. The van der Waals surface area contributed by atoms with Gasteiger partial charge in [0.15, 0.2) is 0 Å². The van der Waals surface area contributed by atoms with Crippen molar-refractivity contribution in [3.8, 4) is 0 Å². The Morgan fingerprint density at radius 1 is 1.36 bits per heavy atom. The van der Waals surface area contributed by atoms with Crippen molar-refractivity contribution in [3.63, 3.8) is 0 Å². The van der Waals surface area contributed by atoms with E-state index in [1.54, 1.807) is 16.2 Å². The SMILES string of the molecule is Cc1nc2c3cc(Cl)ccc3n(CC[NH+]3CCOCC3)c2s1. The van der Waals surface area contributed by atoms with Crippen LogP contribution in [0.5, 0.6) is 0 Å². The molecule has 1 aromatic carbocycles. The molecule has 1 fully saturated rings. The van der Waals surface area contributed by atoms with Crippen molar-refractivity contribution in [3.05, 3.63) is 28.2 Å². The molecule has 3 aromatic rings. The van der Waals surface area contributed by atoms with Crippen LogP contribution in [0, 0.1) is 6.92 Å². The van der Waals surface area contributed by atoms with E-state index in [0.29, 0.717) is 0 Å². The summed E-state index contributed by atoms with van der Waals surface area (Å²) in [6, 6.07) is 6.13. The lowest BCUT2D eigenvalue weighted by Crippen LogP contribution is -3.14. The van der Waals surface area contributed by atoms with Gasteiger partial charge in [-0.3, -0.25) is 0 Å². The quantitative estimate of drug-likeness (QED) is 0.794. The second kappa shape index (κ2) is 5.81. The average molecular weight is 337 g/mol. The van der Waals surface area contributed by atoms with Gasteiger partial charge in [-0.25, -0.2) is 4.98 Å². The third-order valence-electron chi connectivity index (χ3n) is 4.35. The Balaban J connectivity index is 1.73. The number of nitrogens with one attached hydrogen (secondary N) is 1. The molecule has 1 N–H and O–H groups in total. The van der Waals surface area contributed by atoms with Crippen molar-refractivity contribution in [1.82, 2.24) is 9.55 Å². The van der Waals surface area contributed by atoms with Gasteiger partial charge in [0.05, 0.1) is 36.8 Å². The number of morpholine rings is 1. The highest BCUT2D eigenvalue weighted by Crippen LogP contribution is 2.33. The topological polar surface area (TPSA) is 31.5 Å². The molecule has 1 aliphatic heterocycles. The van der Waals surface area contributed by atoms with Crippen LogP contribution in [0.3, 0.4) is 0 Å². The number of aryl methyl sites for hydroxylation is 1. The molecule has 0 amide bonds. The van der Waals surface area contributed by atoms with Gasteiger partial charge in [-0.15, -0.1) is 11.3 Å². The Kier molecular flexibility index (Phi) is 3.82. The zero-order valence-electron chi connectivity index (χ0n) is 12.6. The summed E-state index contributed by atoms with van der Waals surface area (Å²) in [5, 5.41) is 3.05. The predicted octanol–water partition coefficient (Wildman–Crippen LogP) is 2.13. The van der Waals surface area contributed by atoms with Crippen LogP contribution >= 0.6 is 22.9 Å². The number of aromatic nitrogens is 2. The molecule has 4 nitrogen and oxygen atoms in total. The van der Waals surface area contributed by atoms with Gasteiger partial charge in [-0.05, 0) is 25.1 Å². The van der Waals surface area contributed by atoms with Crippen molar-refractivity contribution >= 4 is 44.2 Å². The summed E-state index contributed by atoms with van der Waals surface area (Å²) in [4.78, 5) is 7.60. The highest BCUT2D eigenvalue weighted by Gasteiger charge is 2.18. The Morgan fingerprint density at radius 3 is 3.00 bits per heavy atom. The largest absolute Gasteiger partial charge is 0.370 e. The van der Waals surface area contributed by atoms with E-state index in [2.05, 4.69) is 17.6 Å². The van der Waals surface area contributed by atoms with Crippen molar-refractivity contribution in [2.24, 2.45) is 0 Å². The number of hydrogen-bond donors (Lipinski definition) is 1. The zero-order chi connectivity index (χ0) is 15.1. The lowest BCUT2D eigenvalue weighted by molar-refractivity contribution is -0.908. The number of benzene rings is 1. The van der Waals surface area contributed by atoms with Crippen molar-refractivity contribution in [2.75, 3.05) is 32.8 Å². The first-order valence-electron chi connectivity index (χ1n) is 7.68. The molecule has 2 aromatic heterocycles. The van der Waals surface area contributed by atoms with Crippen LogP contribution in [-0.4, -0.2) is 42.4 Å². The lowest BCUT2D eigenvalue weighted by atomic mass is 10.2. The standard InChI is InChI=1S/C16H18ClN3OS/c1-11-18-15-13-10-12(17)2-3-14(13)20(16(15)22-11)5-4-19-6-8-21-9-7-19/h2-3,10H,4-9H2,1H3/p+1. The minimum Gasteiger partial charge on any atom is -0.370 e. The number of thiazole rings is 1. The van der Waals surface area contributed by atoms with Crippen molar-refractivity contribution in [2.45, 2.75) is 13.5 Å². The summed E-state index contributed by atoms with van der Waals surface area (Å²) in [7, 11) is 0. The van der Waals surface area contributed by atoms with Crippen LogP contribution in [0.2, 0.25) is 5.02 Å². The molecule has 0 bridgehead atoms. The Labute approximate surface area is 138 Å². The predicted molar refractivity (Wildman–Crippen MR) is 91.2 cm³/mol. The highest BCUT2D eigenvalue weighted by atomic mass is 35.5. The van der Waals surface area contributed by atoms with Gasteiger partial charge in [0, 0.05) is 10.4 Å². The van der Waals surface area contributed by atoms with Crippen LogP contribution in [-0.2, 0) is 11.3 Å². The third kappa shape index (κ3) is 2.52. The second-order valence-corrected chi connectivity index (χ2v) is 7.43. The lowest BCUT2D eigenvalue weighted by Gasteiger charge is -2.24. The van der Waals surface area contributed by atoms with E-state index in [0.717, 1.165) is 54.9 Å². The maximum atomic E-state index is 6.18. The van der Waals surface area contributed by atoms with Crippen molar-refractivity contribution in [1.29, 1.82) is 0 Å². The molecule has 0 spiro atoms. The van der Waals surface area contributed by atoms with Crippen LogP contribution in [0.15, 0.2) is 18.2 Å². The first kappa shape index (κ1) is 14.5. The van der Waals surface area contributed by atoms with Gasteiger partial charge >= 0.3 is 0 Å². The molecule has 4 rings (SSSR count). The number of nitrogens with zero attached hydrogens (tertiary/aromatic N) is 2. The third-order valence-corrected chi connectivity index (χ3v) is 5.58. The van der Waals surface area contributed by atoms with E-state index in [1.807, 2.05) is 12.1 Å². The van der Waals surface area contributed by atoms with E-state index in [9.17, 15) is 0 Å². The molecule has 0 unspecified atom stereocenters. The van der Waals surface area contributed by atoms with Gasteiger partial charge in [0.25, 0.3) is 0 Å². The van der Waals surface area contributed by atoms with E-state index in [-0.39, 0.29) is 0 Å². The number of halogens is 1. The molecule has 0 radical (unpaired) electrons. The van der Waals surface area contributed by atoms with E-state index in [1.165, 1.54) is 15.7 Å². The fourth-order valence-corrected chi connectivity index (χ4v) is 4.36. The summed E-state index contributed by atoms with van der Waals surface area (Å²) in [6.45, 7) is 8.18. The van der Waals surface area contributed by atoms with Gasteiger partial charge in [0.1, 0.15) is 23.4 Å². The van der Waals surface area contributed by atoms with Gasteiger partial charge in [-0.1, -0.05) is 11.6 Å². The first-order valence-corrected chi connectivity index (χ1v) is 8.88. The molecule has 0 aliphatic carbocycles. The fourth-order valence-electron chi connectivity index (χ4n) is 3.22. The van der Waals surface area contributed by atoms with E-state index >= 15 is 0 Å². The normalized spacial score (nSPS) is 16.8. The summed E-state index contributed by atoms with van der Waals surface area (Å²) in [6.07, 6.45) is 0. The van der Waals surface area contributed by atoms with E-state index in [4.69, 9.17) is 21.3 Å². The molecular formula is C16H19ClN3OS+. The van der Waals surface area contributed by atoms with Crippen LogP contribution in [0.4, 0.5) is 0 Å². The first-order chi connectivity index (χ1) is 10.7. The highest BCUT2D eigenvalue weighted by molar-refractivity contribution is 7.18. The van der Waals surface area contributed by atoms with Gasteiger partial charge < -0.3 is 14.2 Å². The Bertz CT molecular complexity index is 820. The molecule has 22 heavy (non-hydrogen) atoms. The summed E-state index contributed by atoms with van der Waals surface area (Å²) < 4.78 is 7.85. The fraction of sp³-hybridized carbons (Fsp3) is 0.438. The Hall–Kier alpha value is -1.14. The maximum absolute atomic E-state index is 6.18. The molecule has 0 saturated carbocycles. The molecule has 1 aliphatic rings. The molecule has 0 atom stereocenters. The molecular weight excluding hydrogens is 318 g/mol. The number of rotatable bonds is 3. The zero-order valence-corrected chi connectivity index (χ0v) is 14.1. The minimum atomic E-state index is 0.774. The molecule has 1 saturated heterocycles. The second-order valence-electron chi connectivity index (χ2n) is 5.81. The number of quaternary nitrogens is 1. The summed E-state index contributed by atoms with van der Waals surface area (Å²) >= 11 is 7.95. The molecule has 6 heteroatoms.